The van der Waals surface area contributed by atoms with Crippen LogP contribution in [0.5, 0.6) is 0 Å². The van der Waals surface area contributed by atoms with Crippen LogP contribution in [0.4, 0.5) is 23.3 Å². The van der Waals surface area contributed by atoms with Gasteiger partial charge >= 0.3 is 0 Å². The number of rotatable bonds is 7. The summed E-state index contributed by atoms with van der Waals surface area (Å²) in [5, 5.41) is 24.5. The van der Waals surface area contributed by atoms with Crippen LogP contribution in [0.25, 0.3) is 10.9 Å². The number of nitrogens with one attached hydrogen (secondary N) is 3. The fraction of sp³-hybridized carbons (Fsp3) is 0.556. The molecule has 10 nitrogen and oxygen atoms in total. The van der Waals surface area contributed by atoms with E-state index in [1.165, 1.54) is 19.3 Å². The smallest absolute Gasteiger partial charge is 0.225 e. The van der Waals surface area contributed by atoms with Crippen LogP contribution in [0.3, 0.4) is 0 Å². The Labute approximate surface area is 217 Å². The number of benzene rings is 1. The van der Waals surface area contributed by atoms with E-state index in [0.29, 0.717) is 30.5 Å². The molecular formula is C27H35N9O. The highest BCUT2D eigenvalue weighted by atomic mass is 16.5. The molecule has 0 radical (unpaired) electrons. The third-order valence-corrected chi connectivity index (χ3v) is 7.95. The Kier molecular flexibility index (Phi) is 6.81. The number of nitriles is 1. The van der Waals surface area contributed by atoms with Crippen molar-refractivity contribution in [1.29, 1.82) is 5.26 Å². The first-order chi connectivity index (χ1) is 18.2. The molecule has 3 saturated heterocycles. The maximum Gasteiger partial charge on any atom is 0.225 e. The monoisotopic (exact) mass is 501 g/mol. The molecule has 194 valence electrons. The summed E-state index contributed by atoms with van der Waals surface area (Å²) in [6.07, 6.45) is 6.39. The number of nitrogens with zero attached hydrogens (tertiary/aromatic N) is 6. The molecule has 3 aromatic rings. The van der Waals surface area contributed by atoms with Crippen LogP contribution in [-0.4, -0.2) is 76.0 Å². The fourth-order valence-electron chi connectivity index (χ4n) is 6.22. The zero-order valence-electron chi connectivity index (χ0n) is 21.4. The number of morpholine rings is 1. The number of fused-ring (bicyclic) bond motifs is 3. The molecule has 2 aromatic heterocycles. The zero-order chi connectivity index (χ0) is 25.2. The van der Waals surface area contributed by atoms with Gasteiger partial charge in [0.1, 0.15) is 5.82 Å². The van der Waals surface area contributed by atoms with E-state index in [1.807, 2.05) is 13.0 Å². The average molecular weight is 502 g/mol. The Hall–Kier alpha value is -3.42. The van der Waals surface area contributed by atoms with Crippen molar-refractivity contribution in [3.05, 3.63) is 30.0 Å². The van der Waals surface area contributed by atoms with E-state index < -0.39 is 0 Å². The van der Waals surface area contributed by atoms with Crippen molar-refractivity contribution in [2.75, 3.05) is 48.4 Å². The van der Waals surface area contributed by atoms with Gasteiger partial charge in [-0.1, -0.05) is 6.42 Å². The largest absolute Gasteiger partial charge is 0.378 e. The molecule has 0 spiro atoms. The predicted molar refractivity (Wildman–Crippen MR) is 144 cm³/mol. The number of aromatic amines is 1. The highest BCUT2D eigenvalue weighted by Crippen LogP contribution is 2.36. The van der Waals surface area contributed by atoms with E-state index in [-0.39, 0.29) is 0 Å². The minimum absolute atomic E-state index is 0.314. The lowest BCUT2D eigenvalue weighted by Gasteiger charge is -2.48. The van der Waals surface area contributed by atoms with Crippen LogP contribution < -0.4 is 15.5 Å². The van der Waals surface area contributed by atoms with Crippen molar-refractivity contribution in [3.8, 4) is 6.07 Å². The topological polar surface area (TPSA) is 118 Å². The van der Waals surface area contributed by atoms with Gasteiger partial charge in [0.25, 0.3) is 0 Å². The van der Waals surface area contributed by atoms with Gasteiger partial charge in [0.2, 0.25) is 5.95 Å². The summed E-state index contributed by atoms with van der Waals surface area (Å²) >= 11 is 0. The molecule has 3 aliphatic heterocycles. The van der Waals surface area contributed by atoms with Gasteiger partial charge in [0, 0.05) is 67.0 Å². The molecule has 6 rings (SSSR count). The molecule has 0 aliphatic carbocycles. The van der Waals surface area contributed by atoms with Crippen LogP contribution in [0.1, 0.15) is 44.2 Å². The van der Waals surface area contributed by atoms with Crippen LogP contribution in [0, 0.1) is 18.3 Å². The van der Waals surface area contributed by atoms with E-state index in [2.05, 4.69) is 54.9 Å². The van der Waals surface area contributed by atoms with Gasteiger partial charge in [-0.2, -0.15) is 15.3 Å². The van der Waals surface area contributed by atoms with Gasteiger partial charge in [-0.3, -0.25) is 10.00 Å². The summed E-state index contributed by atoms with van der Waals surface area (Å²) in [6.45, 7) is 6.12. The van der Waals surface area contributed by atoms with Gasteiger partial charge in [0.05, 0.1) is 24.8 Å². The summed E-state index contributed by atoms with van der Waals surface area (Å²) in [7, 11) is 0. The minimum atomic E-state index is 0.314. The van der Waals surface area contributed by atoms with E-state index in [0.717, 1.165) is 79.6 Å². The highest BCUT2D eigenvalue weighted by Gasteiger charge is 2.38. The van der Waals surface area contributed by atoms with Crippen molar-refractivity contribution >= 4 is 34.2 Å². The number of H-pyrrole nitrogens is 1. The summed E-state index contributed by atoms with van der Waals surface area (Å²) < 4.78 is 5.54. The molecule has 1 aromatic carbocycles. The molecular weight excluding hydrogens is 466 g/mol. The van der Waals surface area contributed by atoms with Crippen molar-refractivity contribution in [2.45, 2.75) is 63.6 Å². The van der Waals surface area contributed by atoms with Crippen molar-refractivity contribution in [3.63, 3.8) is 0 Å². The summed E-state index contributed by atoms with van der Waals surface area (Å²) in [5.74, 6) is 2.13. The summed E-state index contributed by atoms with van der Waals surface area (Å²) in [4.78, 5) is 14.8. The number of ether oxygens (including phenoxy) is 1. The van der Waals surface area contributed by atoms with Crippen molar-refractivity contribution in [1.82, 2.24) is 25.1 Å². The second-order valence-electron chi connectivity index (χ2n) is 10.5. The Bertz CT molecular complexity index is 1260. The van der Waals surface area contributed by atoms with E-state index in [4.69, 9.17) is 20.0 Å². The first kappa shape index (κ1) is 23.9. The quantitative estimate of drug-likeness (QED) is 0.442. The maximum absolute atomic E-state index is 9.10. The van der Waals surface area contributed by atoms with Crippen molar-refractivity contribution < 1.29 is 4.74 Å². The molecule has 0 saturated carbocycles. The van der Waals surface area contributed by atoms with Gasteiger partial charge in [0.15, 0.2) is 5.82 Å². The number of hydrogen-bond acceptors (Lipinski definition) is 9. The van der Waals surface area contributed by atoms with E-state index >= 15 is 0 Å². The molecule has 3 atom stereocenters. The normalized spacial score (nSPS) is 24.1. The molecule has 5 heterocycles. The first-order valence-electron chi connectivity index (χ1n) is 13.5. The summed E-state index contributed by atoms with van der Waals surface area (Å²) in [5.41, 5.74) is 3.05. The van der Waals surface area contributed by atoms with E-state index in [9.17, 15) is 0 Å². The Balaban J connectivity index is 1.29. The zero-order valence-corrected chi connectivity index (χ0v) is 21.4. The minimum Gasteiger partial charge on any atom is -0.378 e. The Morgan fingerprint density at radius 1 is 1.14 bits per heavy atom. The lowest BCUT2D eigenvalue weighted by molar-refractivity contribution is 0.0369. The first-order valence-corrected chi connectivity index (χ1v) is 13.5. The van der Waals surface area contributed by atoms with Crippen LogP contribution >= 0.6 is 0 Å². The summed E-state index contributed by atoms with van der Waals surface area (Å²) in [6, 6.07) is 12.1. The van der Waals surface area contributed by atoms with Gasteiger partial charge in [-0.15, -0.1) is 0 Å². The second-order valence-corrected chi connectivity index (χ2v) is 10.5. The number of anilines is 4. The lowest BCUT2D eigenvalue weighted by atomic mass is 9.81. The van der Waals surface area contributed by atoms with E-state index in [1.54, 1.807) is 0 Å². The number of piperidine rings is 2. The average Bonchev–Trinajstić information content (AvgIpc) is 3.32. The van der Waals surface area contributed by atoms with Crippen LogP contribution in [-0.2, 0) is 4.74 Å². The molecule has 37 heavy (non-hydrogen) atoms. The predicted octanol–water partition coefficient (Wildman–Crippen LogP) is 3.95. The molecule has 10 heteroatoms. The molecule has 1 unspecified atom stereocenters. The number of aryl methyl sites for hydroxylation is 1. The van der Waals surface area contributed by atoms with Crippen molar-refractivity contribution in [2.24, 2.45) is 0 Å². The maximum atomic E-state index is 9.10. The Morgan fingerprint density at radius 2 is 1.95 bits per heavy atom. The van der Waals surface area contributed by atoms with Crippen LogP contribution in [0.15, 0.2) is 24.3 Å². The van der Waals surface area contributed by atoms with Gasteiger partial charge in [-0.25, -0.2) is 4.98 Å². The third-order valence-electron chi connectivity index (χ3n) is 7.95. The Morgan fingerprint density at radius 3 is 2.68 bits per heavy atom. The fourth-order valence-corrected chi connectivity index (χ4v) is 6.22. The molecule has 0 amide bonds. The van der Waals surface area contributed by atoms with Crippen LogP contribution in [0.2, 0.25) is 0 Å². The molecule has 3 fully saturated rings. The third kappa shape index (κ3) is 5.20. The molecule has 3 N–H and O–H groups in total. The highest BCUT2D eigenvalue weighted by molar-refractivity contribution is 5.93. The molecule has 3 aliphatic rings. The standard InChI is InChI=1S/C27H35N9O/c1-18-14-25(34-33-18)31-26-23-7-6-20(35-10-12-37-13-11-35)17-24(23)30-27(32-26)29-19-15-21-4-2-5-22(16-19)36(21)9-3-8-28/h6-7,14,17,19,21-22H,2-5,9-13,15-16H2,1H3,(H3,29,30,31,32,33,34)/t19?,21-,22+. The van der Waals surface area contributed by atoms with Gasteiger partial charge < -0.3 is 20.3 Å². The van der Waals surface area contributed by atoms with Gasteiger partial charge in [-0.05, 0) is 50.8 Å². The SMILES string of the molecule is Cc1cc(Nc2nc(NC3C[C@H]4CCC[C@@H](C3)N4CCC#N)nc3cc(N4CCOCC4)ccc23)n[nH]1. The second kappa shape index (κ2) is 10.5. The lowest BCUT2D eigenvalue weighted by Crippen LogP contribution is -2.55. The molecule has 2 bridgehead atoms. The number of aromatic nitrogens is 4. The number of hydrogen-bond donors (Lipinski definition) is 3.